The van der Waals surface area contributed by atoms with Gasteiger partial charge in [0, 0.05) is 18.5 Å². The molecule has 0 saturated carbocycles. The molecule has 0 fully saturated rings. The van der Waals surface area contributed by atoms with Gasteiger partial charge in [0.15, 0.2) is 11.5 Å². The van der Waals surface area contributed by atoms with Gasteiger partial charge in [0.05, 0.1) is 0 Å². The van der Waals surface area contributed by atoms with Crippen LogP contribution >= 0.6 is 0 Å². The van der Waals surface area contributed by atoms with Crippen molar-refractivity contribution in [1.82, 2.24) is 5.32 Å². The maximum Gasteiger partial charge on any atom is 0.165 e. The maximum atomic E-state index is 6.11. The molecule has 3 nitrogen and oxygen atoms in total. The van der Waals surface area contributed by atoms with Gasteiger partial charge < -0.3 is 14.8 Å². The summed E-state index contributed by atoms with van der Waals surface area (Å²) in [6, 6.07) is 6.19. The quantitative estimate of drug-likeness (QED) is 0.855. The highest BCUT2D eigenvalue weighted by Crippen LogP contribution is 2.42. The number of para-hydroxylation sites is 1. The minimum absolute atomic E-state index is 0.120. The minimum atomic E-state index is -0.120. The molecule has 1 atom stereocenters. The lowest BCUT2D eigenvalue weighted by Gasteiger charge is -2.21. The van der Waals surface area contributed by atoms with Crippen molar-refractivity contribution in [2.45, 2.75) is 52.2 Å². The number of benzene rings is 1. The van der Waals surface area contributed by atoms with E-state index in [9.17, 15) is 0 Å². The van der Waals surface area contributed by atoms with Crippen molar-refractivity contribution < 1.29 is 9.47 Å². The first-order valence-electron chi connectivity index (χ1n) is 7.24. The molecule has 0 amide bonds. The summed E-state index contributed by atoms with van der Waals surface area (Å²) in [5, 5.41) is 3.34. The Bertz CT molecular complexity index is 429. The van der Waals surface area contributed by atoms with Crippen LogP contribution in [0.5, 0.6) is 11.5 Å². The third kappa shape index (κ3) is 3.41. The van der Waals surface area contributed by atoms with Gasteiger partial charge in [-0.05, 0) is 32.9 Å². The number of fused-ring (bicyclic) bond motifs is 1. The van der Waals surface area contributed by atoms with Crippen molar-refractivity contribution in [2.75, 3.05) is 13.1 Å². The fourth-order valence-electron chi connectivity index (χ4n) is 2.43. The van der Waals surface area contributed by atoms with Gasteiger partial charge in [0.1, 0.15) is 11.7 Å². The van der Waals surface area contributed by atoms with E-state index in [-0.39, 0.29) is 11.7 Å². The van der Waals surface area contributed by atoms with Crippen molar-refractivity contribution in [3.05, 3.63) is 23.8 Å². The van der Waals surface area contributed by atoms with E-state index in [0.717, 1.165) is 37.4 Å². The topological polar surface area (TPSA) is 30.5 Å². The number of nitrogens with one attached hydrogen (secondary N) is 1. The molecular formula is C16H25NO2. The molecule has 0 aromatic heterocycles. The number of rotatable bonds is 6. The molecule has 0 aliphatic carbocycles. The molecule has 1 heterocycles. The molecule has 106 valence electrons. The predicted molar refractivity (Wildman–Crippen MR) is 78.1 cm³/mol. The zero-order valence-electron chi connectivity index (χ0n) is 12.5. The molecule has 3 heteroatoms. The number of likely N-dealkylation sites (N-methyl/N-ethyl adjacent to an activating group) is 1. The molecule has 2 rings (SSSR count). The van der Waals surface area contributed by atoms with Crippen LogP contribution in [0.2, 0.25) is 0 Å². The average Bonchev–Trinajstić information content (AvgIpc) is 2.69. The normalized spacial score (nSPS) is 17.7. The van der Waals surface area contributed by atoms with Crippen LogP contribution in [0.25, 0.3) is 0 Å². The smallest absolute Gasteiger partial charge is 0.165 e. The second-order valence-corrected chi connectivity index (χ2v) is 5.74. The summed E-state index contributed by atoms with van der Waals surface area (Å²) in [7, 11) is 0. The Morgan fingerprint density at radius 3 is 2.84 bits per heavy atom. The van der Waals surface area contributed by atoms with E-state index in [1.54, 1.807) is 0 Å². The van der Waals surface area contributed by atoms with E-state index >= 15 is 0 Å². The largest absolute Gasteiger partial charge is 0.485 e. The van der Waals surface area contributed by atoms with Crippen LogP contribution in [-0.4, -0.2) is 24.8 Å². The van der Waals surface area contributed by atoms with E-state index < -0.39 is 0 Å². The molecule has 1 aliphatic rings. The molecule has 0 saturated heterocycles. The molecule has 0 radical (unpaired) electrons. The van der Waals surface area contributed by atoms with Gasteiger partial charge in [-0.2, -0.15) is 0 Å². The van der Waals surface area contributed by atoms with Crippen molar-refractivity contribution in [1.29, 1.82) is 0 Å². The van der Waals surface area contributed by atoms with Gasteiger partial charge in [0.25, 0.3) is 0 Å². The molecule has 0 bridgehead atoms. The van der Waals surface area contributed by atoms with Crippen molar-refractivity contribution in [2.24, 2.45) is 0 Å². The maximum absolute atomic E-state index is 6.11. The Kier molecular flexibility index (Phi) is 4.35. The summed E-state index contributed by atoms with van der Waals surface area (Å²) in [4.78, 5) is 0. The molecule has 1 N–H and O–H groups in total. The molecular weight excluding hydrogens is 238 g/mol. The van der Waals surface area contributed by atoms with Crippen LogP contribution in [0.15, 0.2) is 18.2 Å². The molecule has 1 aromatic carbocycles. The van der Waals surface area contributed by atoms with Crippen LogP contribution < -0.4 is 14.8 Å². The fraction of sp³-hybridized carbons (Fsp3) is 0.625. The van der Waals surface area contributed by atoms with Crippen LogP contribution in [-0.2, 0) is 6.42 Å². The second-order valence-electron chi connectivity index (χ2n) is 5.74. The Morgan fingerprint density at radius 1 is 1.37 bits per heavy atom. The van der Waals surface area contributed by atoms with Gasteiger partial charge in [-0.3, -0.25) is 0 Å². The van der Waals surface area contributed by atoms with Crippen LogP contribution in [0.1, 0.15) is 39.7 Å². The third-order valence-corrected chi connectivity index (χ3v) is 3.43. The zero-order chi connectivity index (χ0) is 13.9. The number of ether oxygens (including phenoxy) is 2. The van der Waals surface area contributed by atoms with Gasteiger partial charge >= 0.3 is 0 Å². The summed E-state index contributed by atoms with van der Waals surface area (Å²) in [5.74, 6) is 1.82. The monoisotopic (exact) mass is 263 g/mol. The lowest BCUT2D eigenvalue weighted by Crippen LogP contribution is -2.31. The molecule has 1 aromatic rings. The van der Waals surface area contributed by atoms with E-state index in [1.807, 2.05) is 6.07 Å². The lowest BCUT2D eigenvalue weighted by molar-refractivity contribution is 0.124. The third-order valence-electron chi connectivity index (χ3n) is 3.43. The lowest BCUT2D eigenvalue weighted by atomic mass is 10.0. The summed E-state index contributed by atoms with van der Waals surface area (Å²) < 4.78 is 12.1. The Balaban J connectivity index is 2.12. The second kappa shape index (κ2) is 5.83. The first-order chi connectivity index (χ1) is 9.05. The van der Waals surface area contributed by atoms with Crippen LogP contribution in [0, 0.1) is 0 Å². The summed E-state index contributed by atoms with van der Waals surface area (Å²) >= 11 is 0. The average molecular weight is 263 g/mol. The van der Waals surface area contributed by atoms with Gasteiger partial charge in [-0.1, -0.05) is 26.0 Å². The fourth-order valence-corrected chi connectivity index (χ4v) is 2.43. The molecule has 1 aliphatic heterocycles. The van der Waals surface area contributed by atoms with Gasteiger partial charge in [-0.15, -0.1) is 0 Å². The van der Waals surface area contributed by atoms with Crippen molar-refractivity contribution in [3.63, 3.8) is 0 Å². The van der Waals surface area contributed by atoms with Crippen molar-refractivity contribution in [3.8, 4) is 11.5 Å². The van der Waals surface area contributed by atoms with Gasteiger partial charge in [-0.25, -0.2) is 0 Å². The highest BCUT2D eigenvalue weighted by molar-refractivity contribution is 5.50. The molecule has 19 heavy (non-hydrogen) atoms. The highest BCUT2D eigenvalue weighted by atomic mass is 16.5. The van der Waals surface area contributed by atoms with E-state index in [4.69, 9.17) is 9.47 Å². The van der Waals surface area contributed by atoms with E-state index in [2.05, 4.69) is 45.1 Å². The first kappa shape index (κ1) is 14.2. The summed E-state index contributed by atoms with van der Waals surface area (Å²) in [5.41, 5.74) is 1.13. The zero-order valence-corrected chi connectivity index (χ0v) is 12.5. The first-order valence-corrected chi connectivity index (χ1v) is 7.24. The molecule has 1 unspecified atom stereocenters. The standard InChI is InChI=1S/C16H25NO2/c1-5-13(11-17-6-2)18-14-9-7-8-12-10-16(3,4)19-15(12)14/h7-9,13,17H,5-6,10-11H2,1-4H3. The Hall–Kier alpha value is -1.22. The van der Waals surface area contributed by atoms with E-state index in [0.29, 0.717) is 0 Å². The van der Waals surface area contributed by atoms with Crippen LogP contribution in [0.4, 0.5) is 0 Å². The summed E-state index contributed by atoms with van der Waals surface area (Å²) in [6.45, 7) is 10.3. The number of hydrogen-bond donors (Lipinski definition) is 1. The SMILES string of the molecule is CCNCC(CC)Oc1cccc2c1OC(C)(C)C2. The highest BCUT2D eigenvalue weighted by Gasteiger charge is 2.32. The van der Waals surface area contributed by atoms with Gasteiger partial charge in [0.2, 0.25) is 0 Å². The molecule has 0 spiro atoms. The summed E-state index contributed by atoms with van der Waals surface area (Å²) in [6.07, 6.45) is 2.13. The number of hydrogen-bond acceptors (Lipinski definition) is 3. The van der Waals surface area contributed by atoms with E-state index in [1.165, 1.54) is 5.56 Å². The minimum Gasteiger partial charge on any atom is -0.485 e. The Morgan fingerprint density at radius 2 is 2.16 bits per heavy atom. The van der Waals surface area contributed by atoms with Crippen molar-refractivity contribution >= 4 is 0 Å². The van der Waals surface area contributed by atoms with Crippen LogP contribution in [0.3, 0.4) is 0 Å². The predicted octanol–water partition coefficient (Wildman–Crippen LogP) is 3.17. The Labute approximate surface area is 116 Å².